The molecule has 2 aromatic carbocycles. The quantitative estimate of drug-likeness (QED) is 0.522. The zero-order valence-electron chi connectivity index (χ0n) is 15.5. The fraction of sp³-hybridized carbons (Fsp3) is 0.333. The van der Waals surface area contributed by atoms with E-state index >= 15 is 0 Å². The molecule has 0 spiro atoms. The molecule has 1 amide bonds. The van der Waals surface area contributed by atoms with Crippen molar-refractivity contribution >= 4 is 23.9 Å². The number of nitrogens with one attached hydrogen (secondary N) is 1. The molecular formula is C21H26N2O2S. The molecule has 1 unspecified atom stereocenters. The molecule has 0 saturated heterocycles. The second-order valence-electron chi connectivity index (χ2n) is 6.45. The predicted molar refractivity (Wildman–Crippen MR) is 110 cm³/mol. The lowest BCUT2D eigenvalue weighted by molar-refractivity contribution is -0.120. The maximum absolute atomic E-state index is 12.1. The molecule has 0 fully saturated rings. The van der Waals surface area contributed by atoms with E-state index < -0.39 is 0 Å². The number of hydrogen-bond donors (Lipinski definition) is 1. The van der Waals surface area contributed by atoms with Crippen LogP contribution in [0.15, 0.2) is 59.7 Å². The SMILES string of the molecule is CC(C)COc1ccc(/C=N/NC(=O)C(C)SCc2ccccc2)cc1. The Labute approximate surface area is 160 Å². The van der Waals surface area contributed by atoms with E-state index in [0.29, 0.717) is 12.5 Å². The van der Waals surface area contributed by atoms with Gasteiger partial charge in [0.15, 0.2) is 0 Å². The first kappa shape index (κ1) is 20.0. The van der Waals surface area contributed by atoms with E-state index in [1.807, 2.05) is 49.4 Å². The molecule has 4 nitrogen and oxygen atoms in total. The Hall–Kier alpha value is -2.27. The summed E-state index contributed by atoms with van der Waals surface area (Å²) >= 11 is 1.59. The van der Waals surface area contributed by atoms with Crippen molar-refractivity contribution in [1.82, 2.24) is 5.43 Å². The molecule has 138 valence electrons. The normalized spacial score (nSPS) is 12.3. The lowest BCUT2D eigenvalue weighted by atomic mass is 10.2. The van der Waals surface area contributed by atoms with Crippen molar-refractivity contribution in [3.63, 3.8) is 0 Å². The molecule has 0 bridgehead atoms. The van der Waals surface area contributed by atoms with Crippen LogP contribution in [0.5, 0.6) is 5.75 Å². The maximum Gasteiger partial charge on any atom is 0.252 e. The number of hydrazone groups is 1. The third kappa shape index (κ3) is 7.31. The van der Waals surface area contributed by atoms with Crippen LogP contribution in [0.1, 0.15) is 31.9 Å². The second kappa shape index (κ2) is 10.7. The number of rotatable bonds is 9. The van der Waals surface area contributed by atoms with E-state index in [0.717, 1.165) is 17.1 Å². The number of amides is 1. The van der Waals surface area contributed by atoms with Gasteiger partial charge in [0, 0.05) is 5.75 Å². The van der Waals surface area contributed by atoms with Gasteiger partial charge in [-0.15, -0.1) is 11.8 Å². The Morgan fingerprint density at radius 2 is 1.81 bits per heavy atom. The van der Waals surface area contributed by atoms with Gasteiger partial charge >= 0.3 is 0 Å². The zero-order valence-corrected chi connectivity index (χ0v) is 16.3. The number of carbonyl (C=O) groups is 1. The highest BCUT2D eigenvalue weighted by molar-refractivity contribution is 7.99. The number of thioether (sulfide) groups is 1. The minimum Gasteiger partial charge on any atom is -0.493 e. The lowest BCUT2D eigenvalue weighted by Gasteiger charge is -2.09. The van der Waals surface area contributed by atoms with Crippen LogP contribution in [0.3, 0.4) is 0 Å². The van der Waals surface area contributed by atoms with E-state index in [1.165, 1.54) is 5.56 Å². The fourth-order valence-corrected chi connectivity index (χ4v) is 2.88. The Morgan fingerprint density at radius 3 is 2.46 bits per heavy atom. The van der Waals surface area contributed by atoms with Crippen LogP contribution in [0, 0.1) is 5.92 Å². The van der Waals surface area contributed by atoms with Crippen molar-refractivity contribution in [2.45, 2.75) is 31.8 Å². The van der Waals surface area contributed by atoms with E-state index in [9.17, 15) is 4.79 Å². The molecule has 26 heavy (non-hydrogen) atoms. The third-order valence-corrected chi connectivity index (χ3v) is 4.78. The number of benzene rings is 2. The van der Waals surface area contributed by atoms with Gasteiger partial charge in [-0.05, 0) is 48.2 Å². The molecule has 0 radical (unpaired) electrons. The summed E-state index contributed by atoms with van der Waals surface area (Å²) in [5.41, 5.74) is 4.72. The molecule has 5 heteroatoms. The molecule has 0 aliphatic carbocycles. The number of carbonyl (C=O) groups excluding carboxylic acids is 1. The van der Waals surface area contributed by atoms with Gasteiger partial charge in [0.1, 0.15) is 5.75 Å². The molecule has 1 atom stereocenters. The highest BCUT2D eigenvalue weighted by Gasteiger charge is 2.12. The van der Waals surface area contributed by atoms with Crippen molar-refractivity contribution in [1.29, 1.82) is 0 Å². The Bertz CT molecular complexity index is 700. The molecule has 0 aromatic heterocycles. The minimum absolute atomic E-state index is 0.0981. The van der Waals surface area contributed by atoms with Crippen molar-refractivity contribution in [2.24, 2.45) is 11.0 Å². The van der Waals surface area contributed by atoms with Crippen LogP contribution in [-0.4, -0.2) is 24.0 Å². The van der Waals surface area contributed by atoms with E-state index in [1.54, 1.807) is 18.0 Å². The monoisotopic (exact) mass is 370 g/mol. The summed E-state index contributed by atoms with van der Waals surface area (Å²) in [4.78, 5) is 12.1. The van der Waals surface area contributed by atoms with E-state index in [4.69, 9.17) is 4.74 Å². The van der Waals surface area contributed by atoms with Gasteiger partial charge in [-0.1, -0.05) is 44.2 Å². The first-order valence-electron chi connectivity index (χ1n) is 8.76. The minimum atomic E-state index is -0.167. The summed E-state index contributed by atoms with van der Waals surface area (Å²) in [7, 11) is 0. The van der Waals surface area contributed by atoms with Crippen molar-refractivity contribution < 1.29 is 9.53 Å². The van der Waals surface area contributed by atoms with Gasteiger partial charge < -0.3 is 4.74 Å². The van der Waals surface area contributed by atoms with Crippen LogP contribution < -0.4 is 10.2 Å². The Balaban J connectivity index is 1.75. The summed E-state index contributed by atoms with van der Waals surface area (Å²) in [5, 5.41) is 3.88. The molecular weight excluding hydrogens is 344 g/mol. The number of hydrogen-bond acceptors (Lipinski definition) is 4. The highest BCUT2D eigenvalue weighted by atomic mass is 32.2. The van der Waals surface area contributed by atoms with Gasteiger partial charge in [-0.25, -0.2) is 5.43 Å². The standard InChI is InChI=1S/C21H26N2O2S/c1-16(2)14-25-20-11-9-18(10-12-20)13-22-23-21(24)17(3)26-15-19-7-5-4-6-8-19/h4-13,16-17H,14-15H2,1-3H3,(H,23,24)/b22-13+. The molecule has 2 rings (SSSR count). The van der Waals surface area contributed by atoms with E-state index in [2.05, 4.69) is 36.5 Å². The fourth-order valence-electron chi connectivity index (χ4n) is 2.05. The van der Waals surface area contributed by atoms with Crippen LogP contribution in [0.4, 0.5) is 0 Å². The predicted octanol–water partition coefficient (Wildman–Crippen LogP) is 4.49. The smallest absolute Gasteiger partial charge is 0.252 e. The first-order valence-corrected chi connectivity index (χ1v) is 9.81. The van der Waals surface area contributed by atoms with Crippen LogP contribution in [-0.2, 0) is 10.5 Å². The van der Waals surface area contributed by atoms with Crippen molar-refractivity contribution in [3.8, 4) is 5.75 Å². The van der Waals surface area contributed by atoms with Gasteiger partial charge in [0.2, 0.25) is 0 Å². The van der Waals surface area contributed by atoms with Gasteiger partial charge in [0.05, 0.1) is 18.1 Å². The molecule has 0 aliphatic rings. The average molecular weight is 371 g/mol. The topological polar surface area (TPSA) is 50.7 Å². The van der Waals surface area contributed by atoms with Crippen LogP contribution >= 0.6 is 11.8 Å². The maximum atomic E-state index is 12.1. The number of ether oxygens (including phenoxy) is 1. The Kier molecular flexibility index (Phi) is 8.22. The highest BCUT2D eigenvalue weighted by Crippen LogP contribution is 2.17. The first-order chi connectivity index (χ1) is 12.5. The average Bonchev–Trinajstić information content (AvgIpc) is 2.66. The van der Waals surface area contributed by atoms with E-state index in [-0.39, 0.29) is 11.2 Å². The third-order valence-electron chi connectivity index (χ3n) is 3.56. The summed E-state index contributed by atoms with van der Waals surface area (Å²) in [6.07, 6.45) is 1.64. The largest absolute Gasteiger partial charge is 0.493 e. The zero-order chi connectivity index (χ0) is 18.8. The molecule has 1 N–H and O–H groups in total. The van der Waals surface area contributed by atoms with Gasteiger partial charge in [-0.2, -0.15) is 5.10 Å². The van der Waals surface area contributed by atoms with Crippen LogP contribution in [0.25, 0.3) is 0 Å². The number of nitrogens with zero attached hydrogens (tertiary/aromatic N) is 1. The molecule has 0 heterocycles. The molecule has 2 aromatic rings. The second-order valence-corrected chi connectivity index (χ2v) is 7.78. The Morgan fingerprint density at radius 1 is 1.12 bits per heavy atom. The van der Waals surface area contributed by atoms with Crippen molar-refractivity contribution in [2.75, 3.05) is 6.61 Å². The van der Waals surface area contributed by atoms with Crippen molar-refractivity contribution in [3.05, 3.63) is 65.7 Å². The lowest BCUT2D eigenvalue weighted by Crippen LogP contribution is -2.26. The van der Waals surface area contributed by atoms with Gasteiger partial charge in [-0.3, -0.25) is 4.79 Å². The van der Waals surface area contributed by atoms with Crippen LogP contribution in [0.2, 0.25) is 0 Å². The molecule has 0 saturated carbocycles. The summed E-state index contributed by atoms with van der Waals surface area (Å²) < 4.78 is 5.64. The molecule has 0 aliphatic heterocycles. The summed E-state index contributed by atoms with van der Waals surface area (Å²) in [6, 6.07) is 17.8. The summed E-state index contributed by atoms with van der Waals surface area (Å²) in [6.45, 7) is 6.81. The van der Waals surface area contributed by atoms with Gasteiger partial charge in [0.25, 0.3) is 5.91 Å². The summed E-state index contributed by atoms with van der Waals surface area (Å²) in [5.74, 6) is 2.04.